The third-order valence-corrected chi connectivity index (χ3v) is 5.81. The van der Waals surface area contributed by atoms with Crippen molar-refractivity contribution in [3.8, 4) is 0 Å². The fourth-order valence-electron chi connectivity index (χ4n) is 3.28. The SMILES string of the molecule is CC1(C)C(B2OC(C)(C)C(C)(C)O2)=CCN1C(=O)OCc1ccccc1. The Morgan fingerprint density at radius 2 is 1.65 bits per heavy atom. The molecule has 3 rings (SSSR count). The zero-order valence-corrected chi connectivity index (χ0v) is 16.5. The minimum atomic E-state index is -0.533. The van der Waals surface area contributed by atoms with Crippen LogP contribution in [0.25, 0.3) is 0 Å². The molecule has 0 radical (unpaired) electrons. The van der Waals surface area contributed by atoms with E-state index in [2.05, 4.69) is 0 Å². The first-order valence-electron chi connectivity index (χ1n) is 9.09. The Hall–Kier alpha value is -1.79. The van der Waals surface area contributed by atoms with E-state index in [0.29, 0.717) is 6.54 Å². The van der Waals surface area contributed by atoms with Gasteiger partial charge in [-0.25, -0.2) is 4.79 Å². The quantitative estimate of drug-likeness (QED) is 0.768. The number of hydrogen-bond donors (Lipinski definition) is 0. The van der Waals surface area contributed by atoms with E-state index in [-0.39, 0.29) is 12.7 Å². The van der Waals surface area contributed by atoms with Gasteiger partial charge in [0.05, 0.1) is 16.7 Å². The third kappa shape index (κ3) is 3.28. The molecule has 26 heavy (non-hydrogen) atoms. The van der Waals surface area contributed by atoms with Crippen molar-refractivity contribution in [2.75, 3.05) is 6.54 Å². The van der Waals surface area contributed by atoms with Gasteiger partial charge in [0, 0.05) is 6.54 Å². The highest BCUT2D eigenvalue weighted by Gasteiger charge is 2.56. The molecule has 0 saturated carbocycles. The Labute approximate surface area is 156 Å². The minimum absolute atomic E-state index is 0.262. The van der Waals surface area contributed by atoms with Crippen LogP contribution in [0.1, 0.15) is 47.1 Å². The molecule has 0 spiro atoms. The van der Waals surface area contributed by atoms with Crippen LogP contribution >= 0.6 is 0 Å². The molecule has 0 N–H and O–H groups in total. The van der Waals surface area contributed by atoms with Gasteiger partial charge in [-0.05, 0) is 52.6 Å². The van der Waals surface area contributed by atoms with Gasteiger partial charge in [0.25, 0.3) is 0 Å². The molecule has 2 aliphatic heterocycles. The molecule has 5 nitrogen and oxygen atoms in total. The number of ether oxygens (including phenoxy) is 1. The molecule has 1 saturated heterocycles. The maximum absolute atomic E-state index is 12.6. The fourth-order valence-corrected chi connectivity index (χ4v) is 3.28. The predicted octanol–water partition coefficient (Wildman–Crippen LogP) is 3.98. The molecule has 0 atom stereocenters. The topological polar surface area (TPSA) is 48.0 Å². The Bertz CT molecular complexity index is 696. The standard InChI is InChI=1S/C20H28BNO4/c1-18(2)16(21-25-19(3,4)20(5,6)26-21)12-13-22(18)17(23)24-14-15-10-8-7-9-11-15/h7-12H,13-14H2,1-6H3. The summed E-state index contributed by atoms with van der Waals surface area (Å²) in [5, 5.41) is 0. The maximum Gasteiger partial charge on any atom is 0.492 e. The number of rotatable bonds is 3. The second-order valence-electron chi connectivity index (χ2n) is 8.46. The van der Waals surface area contributed by atoms with E-state index in [4.69, 9.17) is 14.0 Å². The number of carbonyl (C=O) groups excluding carboxylic acids is 1. The summed E-state index contributed by atoms with van der Waals surface area (Å²) in [7, 11) is -0.457. The van der Waals surface area contributed by atoms with E-state index in [9.17, 15) is 4.79 Å². The van der Waals surface area contributed by atoms with Crippen molar-refractivity contribution in [3.63, 3.8) is 0 Å². The molecule has 0 aliphatic carbocycles. The second-order valence-corrected chi connectivity index (χ2v) is 8.46. The first-order chi connectivity index (χ1) is 12.0. The van der Waals surface area contributed by atoms with E-state index >= 15 is 0 Å². The molecule has 1 fully saturated rings. The highest BCUT2D eigenvalue weighted by atomic mass is 16.7. The predicted molar refractivity (Wildman–Crippen MR) is 102 cm³/mol. The highest BCUT2D eigenvalue weighted by molar-refractivity contribution is 6.55. The van der Waals surface area contributed by atoms with Gasteiger partial charge in [-0.1, -0.05) is 36.4 Å². The fraction of sp³-hybridized carbons (Fsp3) is 0.550. The van der Waals surface area contributed by atoms with E-state index in [1.807, 2.05) is 78.0 Å². The summed E-state index contributed by atoms with van der Waals surface area (Å²) in [5.74, 6) is 0. The van der Waals surface area contributed by atoms with Crippen molar-refractivity contribution in [2.45, 2.75) is 64.9 Å². The molecule has 0 bridgehead atoms. The number of amides is 1. The van der Waals surface area contributed by atoms with Crippen LogP contribution in [0.4, 0.5) is 4.79 Å². The molecular weight excluding hydrogens is 329 g/mol. The summed E-state index contributed by atoms with van der Waals surface area (Å²) in [6, 6.07) is 9.68. The summed E-state index contributed by atoms with van der Waals surface area (Å²) < 4.78 is 17.9. The van der Waals surface area contributed by atoms with Crippen molar-refractivity contribution in [1.29, 1.82) is 0 Å². The largest absolute Gasteiger partial charge is 0.492 e. The molecule has 2 aliphatic rings. The summed E-state index contributed by atoms with van der Waals surface area (Å²) >= 11 is 0. The molecule has 0 unspecified atom stereocenters. The van der Waals surface area contributed by atoms with Crippen LogP contribution < -0.4 is 0 Å². The van der Waals surface area contributed by atoms with Crippen LogP contribution in [0.5, 0.6) is 0 Å². The lowest BCUT2D eigenvalue weighted by molar-refractivity contribution is 0.00578. The number of carbonyl (C=O) groups is 1. The van der Waals surface area contributed by atoms with Gasteiger partial charge in [-0.2, -0.15) is 0 Å². The number of hydrogen-bond acceptors (Lipinski definition) is 4. The Morgan fingerprint density at radius 3 is 2.23 bits per heavy atom. The maximum atomic E-state index is 12.6. The molecule has 6 heteroatoms. The summed E-state index contributed by atoms with van der Waals surface area (Å²) in [4.78, 5) is 14.4. The van der Waals surface area contributed by atoms with E-state index < -0.39 is 23.9 Å². The van der Waals surface area contributed by atoms with Gasteiger partial charge in [0.15, 0.2) is 0 Å². The van der Waals surface area contributed by atoms with Gasteiger partial charge in [-0.3, -0.25) is 4.90 Å². The molecular formula is C20H28BNO4. The lowest BCUT2D eigenvalue weighted by atomic mass is 9.69. The van der Waals surface area contributed by atoms with E-state index in [1.54, 1.807) is 4.90 Å². The summed E-state index contributed by atoms with van der Waals surface area (Å²) in [6.45, 7) is 12.9. The Morgan fingerprint density at radius 1 is 1.08 bits per heavy atom. The molecule has 140 valence electrons. The van der Waals surface area contributed by atoms with E-state index in [0.717, 1.165) is 11.0 Å². The monoisotopic (exact) mass is 357 g/mol. The van der Waals surface area contributed by atoms with Crippen molar-refractivity contribution < 1.29 is 18.8 Å². The third-order valence-electron chi connectivity index (χ3n) is 5.81. The average Bonchev–Trinajstić information content (AvgIpc) is 2.97. The molecule has 1 aromatic carbocycles. The summed E-state index contributed by atoms with van der Waals surface area (Å²) in [6.07, 6.45) is 1.69. The van der Waals surface area contributed by atoms with Gasteiger partial charge >= 0.3 is 13.2 Å². The van der Waals surface area contributed by atoms with Gasteiger partial charge in [0.2, 0.25) is 0 Å². The first kappa shape index (κ1) is 19.0. The number of nitrogens with zero attached hydrogens (tertiary/aromatic N) is 1. The van der Waals surface area contributed by atoms with Crippen LogP contribution in [0, 0.1) is 0 Å². The van der Waals surface area contributed by atoms with Crippen molar-refractivity contribution in [2.24, 2.45) is 0 Å². The van der Waals surface area contributed by atoms with E-state index in [1.165, 1.54) is 0 Å². The van der Waals surface area contributed by atoms with Crippen LogP contribution in [-0.4, -0.2) is 41.4 Å². The second kappa shape index (κ2) is 6.43. The molecule has 2 heterocycles. The van der Waals surface area contributed by atoms with Gasteiger partial charge < -0.3 is 14.0 Å². The van der Waals surface area contributed by atoms with Gasteiger partial charge in [0.1, 0.15) is 6.61 Å². The Balaban J connectivity index is 1.67. The highest BCUT2D eigenvalue weighted by Crippen LogP contribution is 2.43. The average molecular weight is 357 g/mol. The van der Waals surface area contributed by atoms with Crippen molar-refractivity contribution >= 4 is 13.2 Å². The van der Waals surface area contributed by atoms with Crippen LogP contribution in [0.3, 0.4) is 0 Å². The molecule has 1 aromatic rings. The summed E-state index contributed by atoms with van der Waals surface area (Å²) in [5.41, 5.74) is 0.588. The van der Waals surface area contributed by atoms with Crippen LogP contribution in [-0.2, 0) is 20.7 Å². The lowest BCUT2D eigenvalue weighted by Gasteiger charge is -2.34. The molecule has 1 amide bonds. The van der Waals surface area contributed by atoms with Crippen LogP contribution in [0.2, 0.25) is 0 Å². The normalized spacial score (nSPS) is 23.1. The van der Waals surface area contributed by atoms with Crippen LogP contribution in [0.15, 0.2) is 41.9 Å². The zero-order valence-electron chi connectivity index (χ0n) is 16.5. The van der Waals surface area contributed by atoms with Crippen molar-refractivity contribution in [1.82, 2.24) is 4.90 Å². The van der Waals surface area contributed by atoms with Gasteiger partial charge in [-0.15, -0.1) is 0 Å². The van der Waals surface area contributed by atoms with Crippen molar-refractivity contribution in [3.05, 3.63) is 47.4 Å². The smallest absolute Gasteiger partial charge is 0.445 e. The lowest BCUT2D eigenvalue weighted by Crippen LogP contribution is -2.48. The minimum Gasteiger partial charge on any atom is -0.445 e. The molecule has 0 aromatic heterocycles. The Kier molecular flexibility index (Phi) is 4.70. The number of benzene rings is 1. The first-order valence-corrected chi connectivity index (χ1v) is 9.09. The zero-order chi connectivity index (χ0) is 19.2.